The summed E-state index contributed by atoms with van der Waals surface area (Å²) in [4.78, 5) is 2.61. The fraction of sp³-hybridized carbons (Fsp3) is 1.00. The molecule has 2 N–H and O–H groups in total. The maximum atomic E-state index is 9.94. The molecule has 1 aliphatic carbocycles. The van der Waals surface area contributed by atoms with Crippen molar-refractivity contribution in [2.24, 2.45) is 11.8 Å². The van der Waals surface area contributed by atoms with Crippen LogP contribution >= 0.6 is 0 Å². The second kappa shape index (κ2) is 8.35. The van der Waals surface area contributed by atoms with Gasteiger partial charge in [-0.15, -0.1) is 0 Å². The fourth-order valence-corrected chi connectivity index (χ4v) is 3.70. The van der Waals surface area contributed by atoms with Gasteiger partial charge in [-0.25, -0.2) is 0 Å². The number of nitrogens with one attached hydrogen (secondary N) is 1. The zero-order valence-electron chi connectivity index (χ0n) is 13.5. The van der Waals surface area contributed by atoms with Crippen molar-refractivity contribution in [2.45, 2.75) is 70.9 Å². The largest absolute Gasteiger partial charge is 0.393 e. The molecule has 0 aromatic heterocycles. The highest BCUT2D eigenvalue weighted by atomic mass is 16.3. The van der Waals surface area contributed by atoms with Crippen molar-refractivity contribution in [1.82, 2.24) is 10.2 Å². The average Bonchev–Trinajstić information content (AvgIpc) is 2.37. The summed E-state index contributed by atoms with van der Waals surface area (Å²) in [5.74, 6) is 1.61. The van der Waals surface area contributed by atoms with Gasteiger partial charge in [-0.1, -0.05) is 20.3 Å². The molecule has 1 heterocycles. The molecule has 0 aromatic rings. The molecule has 0 spiro atoms. The van der Waals surface area contributed by atoms with Crippen LogP contribution in [0.4, 0.5) is 0 Å². The summed E-state index contributed by atoms with van der Waals surface area (Å²) in [6.45, 7) is 9.17. The Hall–Kier alpha value is -0.120. The molecule has 0 aromatic carbocycles. The molecular weight excluding hydrogens is 248 g/mol. The molecule has 0 amide bonds. The van der Waals surface area contributed by atoms with Gasteiger partial charge in [0.25, 0.3) is 0 Å². The fourth-order valence-electron chi connectivity index (χ4n) is 3.70. The summed E-state index contributed by atoms with van der Waals surface area (Å²) in [6.07, 6.45) is 8.55. The van der Waals surface area contributed by atoms with E-state index in [2.05, 4.69) is 24.1 Å². The first-order valence-corrected chi connectivity index (χ1v) is 8.85. The molecule has 3 nitrogen and oxygen atoms in total. The third-order valence-corrected chi connectivity index (χ3v) is 5.15. The van der Waals surface area contributed by atoms with E-state index in [0.29, 0.717) is 12.0 Å². The second-order valence-corrected chi connectivity index (χ2v) is 7.06. The van der Waals surface area contributed by atoms with Gasteiger partial charge in [0.1, 0.15) is 0 Å². The number of hydrogen-bond donors (Lipinski definition) is 2. The third kappa shape index (κ3) is 5.01. The SMILES string of the molecule is CCCN1CC(CC(O)CC)CC(NCC2CCC2)C1. The monoisotopic (exact) mass is 282 g/mol. The molecule has 1 saturated heterocycles. The average molecular weight is 282 g/mol. The number of nitrogens with zero attached hydrogens (tertiary/aromatic N) is 1. The lowest BCUT2D eigenvalue weighted by atomic mass is 9.84. The van der Waals surface area contributed by atoms with Crippen molar-refractivity contribution >= 4 is 0 Å². The van der Waals surface area contributed by atoms with Crippen LogP contribution in [-0.4, -0.2) is 48.3 Å². The van der Waals surface area contributed by atoms with Gasteiger partial charge in [0.2, 0.25) is 0 Å². The molecule has 0 radical (unpaired) electrons. The Morgan fingerprint density at radius 2 is 2.00 bits per heavy atom. The van der Waals surface area contributed by atoms with E-state index < -0.39 is 0 Å². The molecule has 118 valence electrons. The number of aliphatic hydroxyl groups excluding tert-OH is 1. The minimum absolute atomic E-state index is 0.103. The van der Waals surface area contributed by atoms with Crippen LogP contribution in [0.2, 0.25) is 0 Å². The lowest BCUT2D eigenvalue weighted by Crippen LogP contribution is -2.51. The second-order valence-electron chi connectivity index (χ2n) is 7.06. The van der Waals surface area contributed by atoms with Crippen LogP contribution in [0.25, 0.3) is 0 Å². The highest BCUT2D eigenvalue weighted by Gasteiger charge is 2.28. The first kappa shape index (κ1) is 16.3. The Morgan fingerprint density at radius 1 is 1.20 bits per heavy atom. The molecule has 3 heteroatoms. The van der Waals surface area contributed by atoms with Gasteiger partial charge >= 0.3 is 0 Å². The van der Waals surface area contributed by atoms with Gasteiger partial charge < -0.3 is 15.3 Å². The van der Waals surface area contributed by atoms with Gasteiger partial charge in [0.15, 0.2) is 0 Å². The predicted molar refractivity (Wildman–Crippen MR) is 84.9 cm³/mol. The molecule has 2 rings (SSSR count). The maximum absolute atomic E-state index is 9.94. The Bertz CT molecular complexity index is 268. The summed E-state index contributed by atoms with van der Waals surface area (Å²) < 4.78 is 0. The standard InChI is InChI=1S/C17H34N2O/c1-3-8-19-12-15(10-17(20)4-2)9-16(13-19)18-11-14-6-5-7-14/h14-18,20H,3-13H2,1-2H3. The molecule has 2 fully saturated rings. The summed E-state index contributed by atoms with van der Waals surface area (Å²) in [7, 11) is 0. The quantitative estimate of drug-likeness (QED) is 0.718. The van der Waals surface area contributed by atoms with E-state index in [4.69, 9.17) is 0 Å². The first-order chi connectivity index (χ1) is 9.71. The maximum Gasteiger partial charge on any atom is 0.0540 e. The first-order valence-electron chi connectivity index (χ1n) is 8.85. The highest BCUT2D eigenvalue weighted by Crippen LogP contribution is 2.27. The van der Waals surface area contributed by atoms with Crippen LogP contribution < -0.4 is 5.32 Å². The Labute approximate surface area is 125 Å². The van der Waals surface area contributed by atoms with E-state index in [1.807, 2.05) is 0 Å². The zero-order chi connectivity index (χ0) is 14.4. The number of piperidine rings is 1. The van der Waals surface area contributed by atoms with E-state index in [1.165, 1.54) is 58.3 Å². The predicted octanol–water partition coefficient (Wildman–Crippen LogP) is 2.64. The normalized spacial score (nSPS) is 30.1. The van der Waals surface area contributed by atoms with Gasteiger partial charge in [0.05, 0.1) is 6.10 Å². The molecule has 20 heavy (non-hydrogen) atoms. The van der Waals surface area contributed by atoms with Crippen molar-refractivity contribution in [2.75, 3.05) is 26.2 Å². The highest BCUT2D eigenvalue weighted by molar-refractivity contribution is 4.85. The lowest BCUT2D eigenvalue weighted by molar-refractivity contribution is 0.0818. The van der Waals surface area contributed by atoms with Crippen LogP contribution in [0.3, 0.4) is 0 Å². The van der Waals surface area contributed by atoms with Crippen molar-refractivity contribution in [3.63, 3.8) is 0 Å². The van der Waals surface area contributed by atoms with Crippen LogP contribution in [-0.2, 0) is 0 Å². The third-order valence-electron chi connectivity index (χ3n) is 5.15. The molecular formula is C17H34N2O. The van der Waals surface area contributed by atoms with E-state index in [1.54, 1.807) is 0 Å². The minimum Gasteiger partial charge on any atom is -0.393 e. The summed E-state index contributed by atoms with van der Waals surface area (Å²) >= 11 is 0. The van der Waals surface area contributed by atoms with E-state index in [9.17, 15) is 5.11 Å². The Balaban J connectivity index is 1.79. The van der Waals surface area contributed by atoms with Crippen molar-refractivity contribution in [1.29, 1.82) is 0 Å². The van der Waals surface area contributed by atoms with Crippen LogP contribution in [0, 0.1) is 11.8 Å². The molecule has 1 aliphatic heterocycles. The van der Waals surface area contributed by atoms with Crippen molar-refractivity contribution < 1.29 is 5.11 Å². The molecule has 3 unspecified atom stereocenters. The van der Waals surface area contributed by atoms with Gasteiger partial charge in [-0.2, -0.15) is 0 Å². The molecule has 2 aliphatic rings. The topological polar surface area (TPSA) is 35.5 Å². The zero-order valence-corrected chi connectivity index (χ0v) is 13.5. The smallest absolute Gasteiger partial charge is 0.0540 e. The molecule has 3 atom stereocenters. The van der Waals surface area contributed by atoms with Gasteiger partial charge in [-0.05, 0) is 63.5 Å². The van der Waals surface area contributed by atoms with E-state index in [-0.39, 0.29) is 6.10 Å². The van der Waals surface area contributed by atoms with Crippen LogP contribution in [0.1, 0.15) is 58.8 Å². The van der Waals surface area contributed by atoms with E-state index in [0.717, 1.165) is 18.8 Å². The minimum atomic E-state index is -0.103. The van der Waals surface area contributed by atoms with Gasteiger partial charge in [0, 0.05) is 19.1 Å². The summed E-state index contributed by atoms with van der Waals surface area (Å²) in [5, 5.41) is 13.7. The van der Waals surface area contributed by atoms with Crippen molar-refractivity contribution in [3.8, 4) is 0 Å². The van der Waals surface area contributed by atoms with Gasteiger partial charge in [-0.3, -0.25) is 0 Å². The number of likely N-dealkylation sites (tertiary alicyclic amines) is 1. The number of rotatable bonds is 8. The van der Waals surface area contributed by atoms with Crippen LogP contribution in [0.15, 0.2) is 0 Å². The molecule has 1 saturated carbocycles. The Morgan fingerprint density at radius 3 is 2.60 bits per heavy atom. The summed E-state index contributed by atoms with van der Waals surface area (Å²) in [6, 6.07) is 0.643. The van der Waals surface area contributed by atoms with Crippen LogP contribution in [0.5, 0.6) is 0 Å². The lowest BCUT2D eigenvalue weighted by Gasteiger charge is -2.40. The molecule has 0 bridgehead atoms. The van der Waals surface area contributed by atoms with Crippen molar-refractivity contribution in [3.05, 3.63) is 0 Å². The number of hydrogen-bond acceptors (Lipinski definition) is 3. The van der Waals surface area contributed by atoms with E-state index >= 15 is 0 Å². The summed E-state index contributed by atoms with van der Waals surface area (Å²) in [5.41, 5.74) is 0. The Kier molecular flexibility index (Phi) is 6.79. The number of aliphatic hydroxyl groups is 1.